The molecule has 1 aromatic heterocycles. The van der Waals surface area contributed by atoms with Crippen LogP contribution in [0, 0.1) is 0 Å². The van der Waals surface area contributed by atoms with Crippen LogP contribution in [-0.2, 0) is 14.8 Å². The Morgan fingerprint density at radius 3 is 2.38 bits per heavy atom. The van der Waals surface area contributed by atoms with Crippen molar-refractivity contribution in [1.29, 1.82) is 0 Å². The number of nitrogens with one attached hydrogen (secondary N) is 1. The van der Waals surface area contributed by atoms with Gasteiger partial charge in [0.1, 0.15) is 34.3 Å². The fourth-order valence-electron chi connectivity index (χ4n) is 3.91. The summed E-state index contributed by atoms with van der Waals surface area (Å²) in [6.45, 7) is 2.19. The summed E-state index contributed by atoms with van der Waals surface area (Å²) < 4.78 is 53.2. The number of hydrogen-bond acceptors (Lipinski definition) is 8. The summed E-state index contributed by atoms with van der Waals surface area (Å²) >= 11 is 0. The molecule has 1 aliphatic heterocycles. The van der Waals surface area contributed by atoms with E-state index >= 15 is 0 Å². The number of para-hydroxylation sites is 1. The Balaban J connectivity index is 1.80. The number of methoxy groups -OCH3 is 3. The smallest absolute Gasteiger partial charge is 0.243 e. The van der Waals surface area contributed by atoms with Crippen molar-refractivity contribution < 1.29 is 27.4 Å². The summed E-state index contributed by atoms with van der Waals surface area (Å²) in [5.41, 5.74) is 1.06. The highest BCUT2D eigenvalue weighted by Crippen LogP contribution is 2.39. The first-order chi connectivity index (χ1) is 16.4. The zero-order chi connectivity index (χ0) is 24.3. The molecule has 182 valence electrons. The van der Waals surface area contributed by atoms with Crippen LogP contribution in [0.25, 0.3) is 5.69 Å². The number of anilines is 1. The summed E-state index contributed by atoms with van der Waals surface area (Å²) in [5, 5.41) is 7.60. The third kappa shape index (κ3) is 4.53. The summed E-state index contributed by atoms with van der Waals surface area (Å²) in [6, 6.07) is 12.2. The van der Waals surface area contributed by atoms with Crippen LogP contribution >= 0.6 is 0 Å². The minimum Gasteiger partial charge on any atom is -0.497 e. The highest BCUT2D eigenvalue weighted by molar-refractivity contribution is 7.92. The van der Waals surface area contributed by atoms with Crippen LogP contribution in [0.5, 0.6) is 17.2 Å². The Labute approximate surface area is 198 Å². The summed E-state index contributed by atoms with van der Waals surface area (Å²) in [7, 11) is 0.673. The van der Waals surface area contributed by atoms with Gasteiger partial charge < -0.3 is 18.9 Å². The molecule has 2 aromatic carbocycles. The monoisotopic (exact) mass is 488 g/mol. The number of hydrogen-bond donors (Lipinski definition) is 1. The van der Waals surface area contributed by atoms with Gasteiger partial charge in [0.25, 0.3) is 0 Å². The van der Waals surface area contributed by atoms with E-state index in [9.17, 15) is 8.42 Å². The van der Waals surface area contributed by atoms with Crippen molar-refractivity contribution in [3.8, 4) is 22.9 Å². The molecule has 0 spiro atoms. The largest absolute Gasteiger partial charge is 0.497 e. The summed E-state index contributed by atoms with van der Waals surface area (Å²) in [5.74, 6) is 2.00. The molecule has 0 radical (unpaired) electrons. The van der Waals surface area contributed by atoms with Crippen molar-refractivity contribution in [2.24, 2.45) is 0 Å². The van der Waals surface area contributed by atoms with Crippen LogP contribution in [0.15, 0.2) is 42.5 Å². The molecule has 1 aliphatic rings. The number of nitrogens with zero attached hydrogens (tertiary/aromatic N) is 3. The van der Waals surface area contributed by atoms with E-state index in [2.05, 4.69) is 14.9 Å². The van der Waals surface area contributed by atoms with Gasteiger partial charge in [-0.25, -0.2) is 8.42 Å². The zero-order valence-electron chi connectivity index (χ0n) is 19.5. The first kappa shape index (κ1) is 23.8. The molecule has 0 unspecified atom stereocenters. The molecule has 0 saturated carbocycles. The number of sulfonamides is 1. The topological polar surface area (TPSA) is 114 Å². The SMILES string of the molecule is COc1cccc([C@H](C)S(=O)(=O)Nc2nnc([C@H]3CCCO3)n2-c2c(OC)cccc2OC)c1. The number of ether oxygens (including phenoxy) is 4. The molecular formula is C23H28N4O6S. The minimum absolute atomic E-state index is 0.0167. The third-order valence-corrected chi connectivity index (χ3v) is 7.46. The van der Waals surface area contributed by atoms with Gasteiger partial charge in [-0.05, 0) is 49.6 Å². The molecule has 1 N–H and O–H groups in total. The lowest BCUT2D eigenvalue weighted by molar-refractivity contribution is 0.103. The lowest BCUT2D eigenvalue weighted by Gasteiger charge is -2.20. The van der Waals surface area contributed by atoms with Gasteiger partial charge in [0.15, 0.2) is 5.82 Å². The van der Waals surface area contributed by atoms with E-state index in [4.69, 9.17) is 18.9 Å². The van der Waals surface area contributed by atoms with Gasteiger partial charge in [-0.3, -0.25) is 9.29 Å². The Hall–Kier alpha value is -3.31. The second kappa shape index (κ2) is 9.90. The molecule has 0 aliphatic carbocycles. The van der Waals surface area contributed by atoms with Crippen molar-refractivity contribution >= 4 is 16.0 Å². The first-order valence-corrected chi connectivity index (χ1v) is 12.4. The maximum absolute atomic E-state index is 13.4. The highest BCUT2D eigenvalue weighted by atomic mass is 32.2. The van der Waals surface area contributed by atoms with Crippen molar-refractivity contribution in [3.63, 3.8) is 0 Å². The van der Waals surface area contributed by atoms with Gasteiger partial charge in [0, 0.05) is 6.61 Å². The molecule has 1 fully saturated rings. The normalized spacial score (nSPS) is 16.8. The minimum atomic E-state index is -3.92. The fraction of sp³-hybridized carbons (Fsp3) is 0.391. The van der Waals surface area contributed by atoms with E-state index in [1.807, 2.05) is 0 Å². The predicted octanol–water partition coefficient (Wildman–Crippen LogP) is 3.65. The second-order valence-corrected chi connectivity index (χ2v) is 9.80. The lowest BCUT2D eigenvalue weighted by atomic mass is 10.1. The van der Waals surface area contributed by atoms with E-state index in [0.717, 1.165) is 12.8 Å². The fourth-order valence-corrected chi connectivity index (χ4v) is 4.98. The Morgan fingerprint density at radius 2 is 1.76 bits per heavy atom. The second-order valence-electron chi connectivity index (χ2n) is 7.80. The van der Waals surface area contributed by atoms with Crippen LogP contribution in [0.3, 0.4) is 0 Å². The molecule has 2 heterocycles. The Morgan fingerprint density at radius 1 is 1.06 bits per heavy atom. The van der Waals surface area contributed by atoms with E-state index in [1.165, 1.54) is 21.3 Å². The van der Waals surface area contributed by atoms with Crippen LogP contribution in [0.2, 0.25) is 0 Å². The maximum Gasteiger partial charge on any atom is 0.243 e. The molecule has 4 rings (SSSR count). The first-order valence-electron chi connectivity index (χ1n) is 10.8. The molecule has 3 aromatic rings. The summed E-state index contributed by atoms with van der Waals surface area (Å²) in [6.07, 6.45) is 1.27. The molecule has 10 nitrogen and oxygen atoms in total. The maximum atomic E-state index is 13.4. The Kier molecular flexibility index (Phi) is 6.94. The molecule has 2 atom stereocenters. The molecular weight excluding hydrogens is 460 g/mol. The predicted molar refractivity (Wildman–Crippen MR) is 126 cm³/mol. The van der Waals surface area contributed by atoms with Crippen LogP contribution in [0.1, 0.15) is 42.5 Å². The van der Waals surface area contributed by atoms with Gasteiger partial charge in [-0.2, -0.15) is 0 Å². The highest BCUT2D eigenvalue weighted by Gasteiger charge is 2.32. The van der Waals surface area contributed by atoms with Gasteiger partial charge in [0.2, 0.25) is 16.0 Å². The van der Waals surface area contributed by atoms with Gasteiger partial charge in [-0.1, -0.05) is 18.2 Å². The standard InChI is InChI=1S/C23H28N4O6S/c1-15(16-8-5-9-17(14-16)30-2)34(28,29)26-23-25-24-22(20-12-7-13-33-20)27(23)21-18(31-3)10-6-11-19(21)32-4/h5-6,8-11,14-15,20H,7,12-13H2,1-4H3,(H,25,26)/t15-,20+/m0/s1. The van der Waals surface area contributed by atoms with Gasteiger partial charge in [0.05, 0.1) is 21.3 Å². The number of aromatic nitrogens is 3. The van der Waals surface area contributed by atoms with Crippen LogP contribution in [-0.4, -0.2) is 51.1 Å². The van der Waals surface area contributed by atoms with E-state index in [-0.39, 0.29) is 12.1 Å². The lowest BCUT2D eigenvalue weighted by Crippen LogP contribution is -2.22. The molecule has 0 amide bonds. The van der Waals surface area contributed by atoms with E-state index in [1.54, 1.807) is 54.0 Å². The van der Waals surface area contributed by atoms with Crippen molar-refractivity contribution in [2.75, 3.05) is 32.7 Å². The van der Waals surface area contributed by atoms with Crippen molar-refractivity contribution in [3.05, 3.63) is 53.9 Å². The zero-order valence-corrected chi connectivity index (χ0v) is 20.3. The quantitative estimate of drug-likeness (QED) is 0.486. The van der Waals surface area contributed by atoms with Crippen LogP contribution in [0.4, 0.5) is 5.95 Å². The average molecular weight is 489 g/mol. The molecule has 11 heteroatoms. The van der Waals surface area contributed by atoms with Crippen molar-refractivity contribution in [2.45, 2.75) is 31.1 Å². The third-order valence-electron chi connectivity index (χ3n) is 5.79. The molecule has 34 heavy (non-hydrogen) atoms. The van der Waals surface area contributed by atoms with E-state index < -0.39 is 15.3 Å². The molecule has 1 saturated heterocycles. The number of rotatable bonds is 9. The van der Waals surface area contributed by atoms with Crippen LogP contribution < -0.4 is 18.9 Å². The van der Waals surface area contributed by atoms with Crippen molar-refractivity contribution in [1.82, 2.24) is 14.8 Å². The van der Waals surface area contributed by atoms with E-state index in [0.29, 0.717) is 40.9 Å². The number of benzene rings is 2. The molecule has 0 bridgehead atoms. The average Bonchev–Trinajstić information content (AvgIpc) is 3.52. The van der Waals surface area contributed by atoms with Gasteiger partial charge >= 0.3 is 0 Å². The van der Waals surface area contributed by atoms with Gasteiger partial charge in [-0.15, -0.1) is 10.2 Å². The Bertz CT molecular complexity index is 1230. The summed E-state index contributed by atoms with van der Waals surface area (Å²) in [4.78, 5) is 0.